The van der Waals surface area contributed by atoms with E-state index in [2.05, 4.69) is 0 Å². The number of carbonyl (C=O) groups is 2. The van der Waals surface area contributed by atoms with Crippen molar-refractivity contribution in [1.29, 1.82) is 0 Å². The molecule has 5 heteroatoms. The number of ketones is 1. The van der Waals surface area contributed by atoms with Gasteiger partial charge in [0.2, 0.25) is 0 Å². The molecule has 3 rings (SSSR count). The highest BCUT2D eigenvalue weighted by molar-refractivity contribution is 6.08. The second kappa shape index (κ2) is 4.18. The molecule has 1 aromatic carbocycles. The second-order valence-corrected chi connectivity index (χ2v) is 4.10. The van der Waals surface area contributed by atoms with Crippen LogP contribution in [0.1, 0.15) is 10.4 Å². The van der Waals surface area contributed by atoms with Gasteiger partial charge in [0, 0.05) is 5.39 Å². The average Bonchev–Trinajstić information content (AvgIpc) is 2.96. The zero-order chi connectivity index (χ0) is 12.5. The van der Waals surface area contributed by atoms with E-state index in [1.807, 2.05) is 18.2 Å². The minimum absolute atomic E-state index is 0.0301. The maximum atomic E-state index is 12.1. The van der Waals surface area contributed by atoms with Gasteiger partial charge in [0.25, 0.3) is 0 Å². The first-order chi connectivity index (χ1) is 8.75. The van der Waals surface area contributed by atoms with Gasteiger partial charge in [0.05, 0.1) is 18.7 Å². The number of hydrogen-bond donors (Lipinski definition) is 0. The van der Waals surface area contributed by atoms with Gasteiger partial charge in [-0.05, 0) is 6.07 Å². The maximum Gasteiger partial charge on any atom is 0.410 e. The van der Waals surface area contributed by atoms with E-state index in [1.165, 1.54) is 11.2 Å². The van der Waals surface area contributed by atoms with Gasteiger partial charge in [-0.25, -0.2) is 4.79 Å². The lowest BCUT2D eigenvalue weighted by atomic mass is 10.1. The first kappa shape index (κ1) is 10.8. The third-order valence-electron chi connectivity index (χ3n) is 2.96. The van der Waals surface area contributed by atoms with E-state index in [4.69, 9.17) is 9.15 Å². The Hall–Kier alpha value is -2.30. The van der Waals surface area contributed by atoms with Gasteiger partial charge in [-0.2, -0.15) is 0 Å². The van der Waals surface area contributed by atoms with Gasteiger partial charge >= 0.3 is 6.09 Å². The monoisotopic (exact) mass is 245 g/mol. The summed E-state index contributed by atoms with van der Waals surface area (Å²) in [5.74, 6) is -0.140. The highest BCUT2D eigenvalue weighted by Crippen LogP contribution is 2.21. The molecule has 1 amide bonds. The summed E-state index contributed by atoms with van der Waals surface area (Å²) < 4.78 is 10.1. The Morgan fingerprint density at radius 3 is 2.94 bits per heavy atom. The fraction of sp³-hybridized carbons (Fsp3) is 0.231. The van der Waals surface area contributed by atoms with Crippen LogP contribution in [0.2, 0.25) is 0 Å². The van der Waals surface area contributed by atoms with Crippen LogP contribution in [0.5, 0.6) is 0 Å². The number of ether oxygens (including phenoxy) is 1. The van der Waals surface area contributed by atoms with Crippen molar-refractivity contribution in [3.63, 3.8) is 0 Å². The third kappa shape index (κ3) is 1.73. The maximum absolute atomic E-state index is 12.1. The largest absolute Gasteiger partial charge is 0.464 e. The van der Waals surface area contributed by atoms with E-state index in [1.54, 1.807) is 6.07 Å². The standard InChI is InChI=1S/C13H11NO4/c15-11(7-14-5-6-17-13(14)16)10-8-18-12-4-2-1-3-9(10)12/h1-4,8H,5-7H2. The van der Waals surface area contributed by atoms with Crippen molar-refractivity contribution < 1.29 is 18.7 Å². The Morgan fingerprint density at radius 1 is 1.33 bits per heavy atom. The normalized spacial score (nSPS) is 15.1. The molecule has 1 aliphatic rings. The molecule has 1 fully saturated rings. The van der Waals surface area contributed by atoms with E-state index >= 15 is 0 Å². The highest BCUT2D eigenvalue weighted by atomic mass is 16.6. The van der Waals surface area contributed by atoms with Crippen molar-refractivity contribution in [2.45, 2.75) is 0 Å². The van der Waals surface area contributed by atoms with Crippen molar-refractivity contribution in [1.82, 2.24) is 4.90 Å². The van der Waals surface area contributed by atoms with Crippen LogP contribution in [0.4, 0.5) is 4.79 Å². The minimum Gasteiger partial charge on any atom is -0.464 e. The van der Waals surface area contributed by atoms with Crippen LogP contribution in [-0.2, 0) is 4.74 Å². The van der Waals surface area contributed by atoms with Gasteiger partial charge in [-0.1, -0.05) is 18.2 Å². The lowest BCUT2D eigenvalue weighted by Gasteiger charge is -2.10. The Labute approximate surface area is 103 Å². The Morgan fingerprint density at radius 2 is 2.17 bits per heavy atom. The molecule has 0 unspecified atom stereocenters. The van der Waals surface area contributed by atoms with Crippen LogP contribution in [0.3, 0.4) is 0 Å². The number of rotatable bonds is 3. The molecule has 0 N–H and O–H groups in total. The van der Waals surface area contributed by atoms with Crippen molar-refractivity contribution in [2.75, 3.05) is 19.7 Å². The van der Waals surface area contributed by atoms with Crippen LogP contribution in [0, 0.1) is 0 Å². The Bertz CT molecular complexity index is 616. The third-order valence-corrected chi connectivity index (χ3v) is 2.96. The molecule has 18 heavy (non-hydrogen) atoms. The first-order valence-corrected chi connectivity index (χ1v) is 5.67. The van der Waals surface area contributed by atoms with E-state index in [9.17, 15) is 9.59 Å². The van der Waals surface area contributed by atoms with Crippen molar-refractivity contribution in [2.24, 2.45) is 0 Å². The van der Waals surface area contributed by atoms with Gasteiger partial charge in [-0.3, -0.25) is 9.69 Å². The lowest BCUT2D eigenvalue weighted by Crippen LogP contribution is -2.30. The zero-order valence-electron chi connectivity index (χ0n) is 9.59. The molecule has 5 nitrogen and oxygen atoms in total. The number of hydrogen-bond acceptors (Lipinski definition) is 4. The van der Waals surface area contributed by atoms with Crippen molar-refractivity contribution >= 4 is 22.8 Å². The van der Waals surface area contributed by atoms with Crippen molar-refractivity contribution in [3.8, 4) is 0 Å². The molecule has 1 aromatic heterocycles. The number of nitrogens with zero attached hydrogens (tertiary/aromatic N) is 1. The fourth-order valence-corrected chi connectivity index (χ4v) is 2.02. The van der Waals surface area contributed by atoms with Crippen LogP contribution < -0.4 is 0 Å². The molecule has 0 aliphatic carbocycles. The highest BCUT2D eigenvalue weighted by Gasteiger charge is 2.25. The molecule has 92 valence electrons. The lowest BCUT2D eigenvalue weighted by molar-refractivity contribution is 0.0944. The molecule has 0 saturated carbocycles. The summed E-state index contributed by atoms with van der Waals surface area (Å²) in [4.78, 5) is 24.8. The number of cyclic esters (lactones) is 1. The van der Waals surface area contributed by atoms with Crippen LogP contribution in [-0.4, -0.2) is 36.5 Å². The molecular formula is C13H11NO4. The summed E-state index contributed by atoms with van der Waals surface area (Å²) in [5.41, 5.74) is 1.18. The van der Waals surface area contributed by atoms with Gasteiger partial charge in [-0.15, -0.1) is 0 Å². The summed E-state index contributed by atoms with van der Waals surface area (Å²) in [6, 6.07) is 7.32. The van der Waals surface area contributed by atoms with E-state index in [-0.39, 0.29) is 12.3 Å². The number of benzene rings is 1. The summed E-state index contributed by atoms with van der Waals surface area (Å²) in [6.07, 6.45) is 1.00. The van der Waals surface area contributed by atoms with Crippen LogP contribution in [0.15, 0.2) is 34.9 Å². The minimum atomic E-state index is -0.434. The molecule has 0 atom stereocenters. The zero-order valence-corrected chi connectivity index (χ0v) is 9.59. The first-order valence-electron chi connectivity index (χ1n) is 5.67. The smallest absolute Gasteiger partial charge is 0.410 e. The number of carbonyl (C=O) groups excluding carboxylic acids is 2. The fourth-order valence-electron chi connectivity index (χ4n) is 2.02. The van der Waals surface area contributed by atoms with Gasteiger partial charge in [0.15, 0.2) is 5.78 Å². The number of furan rings is 1. The summed E-state index contributed by atoms with van der Waals surface area (Å²) in [7, 11) is 0. The number of amides is 1. The molecule has 0 bridgehead atoms. The Kier molecular flexibility index (Phi) is 2.51. The predicted molar refractivity (Wildman–Crippen MR) is 63.5 cm³/mol. The van der Waals surface area contributed by atoms with Gasteiger partial charge in [0.1, 0.15) is 18.5 Å². The SMILES string of the molecule is O=C(CN1CCOC1=O)c1coc2ccccc12. The second-order valence-electron chi connectivity index (χ2n) is 4.10. The molecule has 1 saturated heterocycles. The number of fused-ring (bicyclic) bond motifs is 1. The van der Waals surface area contributed by atoms with Crippen LogP contribution >= 0.6 is 0 Å². The van der Waals surface area contributed by atoms with E-state index in [0.717, 1.165) is 5.39 Å². The summed E-state index contributed by atoms with van der Waals surface area (Å²) >= 11 is 0. The Balaban J connectivity index is 1.86. The average molecular weight is 245 g/mol. The van der Waals surface area contributed by atoms with E-state index < -0.39 is 6.09 Å². The molecule has 0 spiro atoms. The molecule has 2 heterocycles. The van der Waals surface area contributed by atoms with Crippen molar-refractivity contribution in [3.05, 3.63) is 36.1 Å². The molecular weight excluding hydrogens is 234 g/mol. The number of para-hydroxylation sites is 1. The topological polar surface area (TPSA) is 59.8 Å². The van der Waals surface area contributed by atoms with Gasteiger partial charge < -0.3 is 9.15 Å². The molecule has 1 aliphatic heterocycles. The summed E-state index contributed by atoms with van der Waals surface area (Å²) in [5, 5.41) is 0.773. The quantitative estimate of drug-likeness (QED) is 0.776. The molecule has 0 radical (unpaired) electrons. The number of Topliss-reactive ketones (excluding diaryl/α,β-unsaturated/α-hetero) is 1. The molecule has 2 aromatic rings. The van der Waals surface area contributed by atoms with Crippen LogP contribution in [0.25, 0.3) is 11.0 Å². The summed E-state index contributed by atoms with van der Waals surface area (Å²) in [6.45, 7) is 0.834. The van der Waals surface area contributed by atoms with E-state index in [0.29, 0.717) is 24.3 Å². The predicted octanol–water partition coefficient (Wildman–Crippen LogP) is 2.07.